The molecule has 0 unspecified atom stereocenters. The number of nitrogens with zero attached hydrogens (tertiary/aromatic N) is 1. The van der Waals surface area contributed by atoms with Gasteiger partial charge in [0.2, 0.25) is 5.91 Å². The third-order valence-electron chi connectivity index (χ3n) is 4.40. The molecule has 0 spiro atoms. The molecular weight excluding hydrogens is 392 g/mol. The van der Waals surface area contributed by atoms with Crippen LogP contribution in [-0.2, 0) is 9.59 Å². The topological polar surface area (TPSA) is 75.7 Å². The summed E-state index contributed by atoms with van der Waals surface area (Å²) in [6.07, 6.45) is 0.431. The molecule has 2 aromatic rings. The lowest BCUT2D eigenvalue weighted by Gasteiger charge is -2.21. The van der Waals surface area contributed by atoms with E-state index < -0.39 is 0 Å². The van der Waals surface area contributed by atoms with Crippen molar-refractivity contribution < 1.29 is 19.1 Å². The molecule has 0 heterocycles. The molecule has 1 N–H and O–H groups in total. The molecule has 2 aromatic carbocycles. The predicted octanol–water partition coefficient (Wildman–Crippen LogP) is 4.11. The summed E-state index contributed by atoms with van der Waals surface area (Å²) in [6, 6.07) is 11.9. The van der Waals surface area contributed by atoms with Crippen molar-refractivity contribution in [1.29, 1.82) is 0 Å². The van der Waals surface area contributed by atoms with Crippen molar-refractivity contribution in [3.8, 4) is 5.75 Å². The average molecular weight is 417 g/mol. The van der Waals surface area contributed by atoms with Crippen LogP contribution in [0.4, 0.5) is 5.69 Å². The van der Waals surface area contributed by atoms with Gasteiger partial charge in [0.05, 0.1) is 6.54 Å². The Labute approximate surface area is 175 Å². The van der Waals surface area contributed by atoms with E-state index in [1.807, 2.05) is 13.0 Å². The van der Waals surface area contributed by atoms with Crippen LogP contribution in [0.2, 0.25) is 5.02 Å². The Morgan fingerprint density at radius 1 is 1.07 bits per heavy atom. The molecule has 7 heteroatoms. The van der Waals surface area contributed by atoms with Gasteiger partial charge in [0.1, 0.15) is 5.75 Å². The summed E-state index contributed by atoms with van der Waals surface area (Å²) in [5.41, 5.74) is 2.10. The monoisotopic (exact) mass is 416 g/mol. The van der Waals surface area contributed by atoms with Gasteiger partial charge in [0, 0.05) is 29.2 Å². The van der Waals surface area contributed by atoms with Gasteiger partial charge in [-0.25, -0.2) is 0 Å². The molecule has 2 amide bonds. The summed E-state index contributed by atoms with van der Waals surface area (Å²) in [7, 11) is 0. The molecule has 0 aromatic heterocycles. The van der Waals surface area contributed by atoms with E-state index in [1.54, 1.807) is 50.2 Å². The van der Waals surface area contributed by atoms with Gasteiger partial charge in [0.15, 0.2) is 12.4 Å². The van der Waals surface area contributed by atoms with Crippen LogP contribution >= 0.6 is 11.6 Å². The molecule has 0 atom stereocenters. The maximum absolute atomic E-state index is 12.4. The molecule has 0 fully saturated rings. The highest BCUT2D eigenvalue weighted by Crippen LogP contribution is 2.20. The van der Waals surface area contributed by atoms with Crippen LogP contribution in [0, 0.1) is 6.92 Å². The fourth-order valence-electron chi connectivity index (χ4n) is 2.65. The van der Waals surface area contributed by atoms with Crippen LogP contribution in [0.5, 0.6) is 5.75 Å². The summed E-state index contributed by atoms with van der Waals surface area (Å²) in [6.45, 7) is 5.54. The number of amides is 2. The second kappa shape index (κ2) is 10.6. The molecule has 0 saturated heterocycles. The number of benzene rings is 2. The van der Waals surface area contributed by atoms with Crippen molar-refractivity contribution in [3.05, 3.63) is 58.6 Å². The fourth-order valence-corrected chi connectivity index (χ4v) is 2.82. The van der Waals surface area contributed by atoms with Gasteiger partial charge in [-0.05, 0) is 55.8 Å². The van der Waals surface area contributed by atoms with E-state index in [-0.39, 0.29) is 30.7 Å². The van der Waals surface area contributed by atoms with Gasteiger partial charge < -0.3 is 15.0 Å². The lowest BCUT2D eigenvalue weighted by atomic mass is 10.1. The number of aryl methyl sites for hydroxylation is 1. The van der Waals surface area contributed by atoms with E-state index in [0.29, 0.717) is 35.0 Å². The zero-order valence-electron chi connectivity index (χ0n) is 16.8. The second-order valence-electron chi connectivity index (χ2n) is 6.51. The highest BCUT2D eigenvalue weighted by atomic mass is 35.5. The number of carbonyl (C=O) groups excluding carboxylic acids is 3. The molecule has 6 nitrogen and oxygen atoms in total. The number of halogens is 1. The van der Waals surface area contributed by atoms with Crippen molar-refractivity contribution in [2.45, 2.75) is 27.2 Å². The van der Waals surface area contributed by atoms with Crippen molar-refractivity contribution in [2.24, 2.45) is 0 Å². The van der Waals surface area contributed by atoms with Gasteiger partial charge >= 0.3 is 0 Å². The van der Waals surface area contributed by atoms with E-state index >= 15 is 0 Å². The van der Waals surface area contributed by atoms with Crippen LogP contribution in [0.25, 0.3) is 0 Å². The van der Waals surface area contributed by atoms with Crippen molar-refractivity contribution in [3.63, 3.8) is 0 Å². The Kier molecular flexibility index (Phi) is 8.21. The number of ether oxygens (including phenoxy) is 1. The first-order valence-electron chi connectivity index (χ1n) is 9.43. The summed E-state index contributed by atoms with van der Waals surface area (Å²) in [5.74, 6) is -0.0843. The van der Waals surface area contributed by atoms with Crippen molar-refractivity contribution in [1.82, 2.24) is 4.90 Å². The first-order valence-corrected chi connectivity index (χ1v) is 9.81. The lowest BCUT2D eigenvalue weighted by Crippen LogP contribution is -2.40. The van der Waals surface area contributed by atoms with Crippen LogP contribution in [-0.4, -0.2) is 42.2 Å². The second-order valence-corrected chi connectivity index (χ2v) is 6.94. The highest BCUT2D eigenvalue weighted by molar-refractivity contribution is 6.31. The Bertz CT molecular complexity index is 881. The molecular formula is C22H25ClN2O4. The van der Waals surface area contributed by atoms with Crippen LogP contribution < -0.4 is 10.1 Å². The van der Waals surface area contributed by atoms with E-state index in [0.717, 1.165) is 5.56 Å². The molecule has 0 radical (unpaired) electrons. The smallest absolute Gasteiger partial charge is 0.260 e. The van der Waals surface area contributed by atoms with Gasteiger partial charge in [0.25, 0.3) is 5.91 Å². The van der Waals surface area contributed by atoms with Crippen molar-refractivity contribution in [2.75, 3.05) is 25.0 Å². The number of ketones is 1. The quantitative estimate of drug-likeness (QED) is 0.624. The van der Waals surface area contributed by atoms with Crippen LogP contribution in [0.15, 0.2) is 42.5 Å². The Morgan fingerprint density at radius 2 is 1.76 bits per heavy atom. The summed E-state index contributed by atoms with van der Waals surface area (Å²) in [5, 5.41) is 3.30. The Balaban J connectivity index is 1.90. The fraction of sp³-hybridized carbons (Fsp3) is 0.318. The predicted molar refractivity (Wildman–Crippen MR) is 114 cm³/mol. The average Bonchev–Trinajstić information content (AvgIpc) is 2.72. The van der Waals surface area contributed by atoms with Gasteiger partial charge in [-0.3, -0.25) is 14.4 Å². The maximum Gasteiger partial charge on any atom is 0.260 e. The number of rotatable bonds is 9. The third-order valence-corrected chi connectivity index (χ3v) is 4.64. The molecule has 154 valence electrons. The minimum atomic E-state index is -0.312. The number of hydrogen-bond donors (Lipinski definition) is 1. The molecule has 0 saturated carbocycles. The number of Topliss-reactive ketones (excluding diaryl/α,β-unsaturated/α-hetero) is 1. The number of nitrogens with one attached hydrogen (secondary N) is 1. The van der Waals surface area contributed by atoms with E-state index in [1.165, 1.54) is 4.90 Å². The number of hydrogen-bond acceptors (Lipinski definition) is 4. The van der Waals surface area contributed by atoms with E-state index in [9.17, 15) is 14.4 Å². The first-order chi connectivity index (χ1) is 13.8. The standard InChI is InChI=1S/C22H25ClN2O4/c1-4-20(26)16-7-10-18(11-8-16)29-14-22(28)25(5-2)13-21(27)24-19-12-17(23)9-6-15(19)3/h6-12H,4-5,13-14H2,1-3H3,(H,24,27). The highest BCUT2D eigenvalue weighted by Gasteiger charge is 2.17. The third kappa shape index (κ3) is 6.61. The lowest BCUT2D eigenvalue weighted by molar-refractivity contribution is -0.136. The summed E-state index contributed by atoms with van der Waals surface area (Å²) < 4.78 is 5.50. The number of anilines is 1. The number of likely N-dealkylation sites (N-methyl/N-ethyl adjacent to an activating group) is 1. The summed E-state index contributed by atoms with van der Waals surface area (Å²) >= 11 is 5.97. The SMILES string of the molecule is CCC(=O)c1ccc(OCC(=O)N(CC)CC(=O)Nc2cc(Cl)ccc2C)cc1. The van der Waals surface area contributed by atoms with Crippen LogP contribution in [0.1, 0.15) is 36.2 Å². The molecule has 0 bridgehead atoms. The van der Waals surface area contributed by atoms with Gasteiger partial charge in [-0.1, -0.05) is 24.6 Å². The normalized spacial score (nSPS) is 10.3. The molecule has 0 aliphatic heterocycles. The van der Waals surface area contributed by atoms with Crippen molar-refractivity contribution >= 4 is 34.9 Å². The summed E-state index contributed by atoms with van der Waals surface area (Å²) in [4.78, 5) is 37.8. The van der Waals surface area contributed by atoms with Gasteiger partial charge in [-0.15, -0.1) is 0 Å². The molecule has 29 heavy (non-hydrogen) atoms. The minimum Gasteiger partial charge on any atom is -0.484 e. The largest absolute Gasteiger partial charge is 0.484 e. The molecule has 0 aliphatic carbocycles. The zero-order valence-corrected chi connectivity index (χ0v) is 17.6. The van der Waals surface area contributed by atoms with E-state index in [4.69, 9.17) is 16.3 Å². The number of carbonyl (C=O) groups is 3. The van der Waals surface area contributed by atoms with Crippen LogP contribution in [0.3, 0.4) is 0 Å². The Morgan fingerprint density at radius 3 is 2.38 bits per heavy atom. The minimum absolute atomic E-state index is 0.0470. The zero-order chi connectivity index (χ0) is 21.4. The maximum atomic E-state index is 12.4. The molecule has 2 rings (SSSR count). The first kappa shape index (κ1) is 22.4. The Hall–Kier alpha value is -2.86. The van der Waals surface area contributed by atoms with E-state index in [2.05, 4.69) is 5.32 Å². The molecule has 0 aliphatic rings. The van der Waals surface area contributed by atoms with Gasteiger partial charge in [-0.2, -0.15) is 0 Å².